The first-order chi connectivity index (χ1) is 17.4. The number of nitrogens with one attached hydrogen (secondary N) is 2. The van der Waals surface area contributed by atoms with Crippen molar-refractivity contribution < 1.29 is 19.4 Å². The van der Waals surface area contributed by atoms with Crippen molar-refractivity contribution in [1.82, 2.24) is 30.5 Å². The molecule has 0 aromatic carbocycles. The van der Waals surface area contributed by atoms with Crippen LogP contribution in [0, 0.1) is 0 Å². The fraction of sp³-hybridized carbons (Fsp3) is 0.560. The minimum absolute atomic E-state index is 0.136. The maximum atomic E-state index is 12.9. The summed E-state index contributed by atoms with van der Waals surface area (Å²) in [6.45, 7) is 3.97. The number of H-pyrrole nitrogens is 1. The Hall–Kier alpha value is -3.31. The smallest absolute Gasteiger partial charge is 0.319 e. The quantitative estimate of drug-likeness (QED) is 0.408. The molecule has 2 fully saturated rings. The summed E-state index contributed by atoms with van der Waals surface area (Å²) in [7, 11) is 1.60. The van der Waals surface area contributed by atoms with Gasteiger partial charge in [0.15, 0.2) is 5.65 Å². The van der Waals surface area contributed by atoms with Gasteiger partial charge in [0.25, 0.3) is 5.91 Å². The van der Waals surface area contributed by atoms with E-state index in [1.807, 2.05) is 19.1 Å². The van der Waals surface area contributed by atoms with Crippen LogP contribution in [0.1, 0.15) is 61.1 Å². The molecule has 4 heterocycles. The number of nitrogens with zero attached hydrogens (tertiary/aromatic N) is 5. The van der Waals surface area contributed by atoms with E-state index in [2.05, 4.69) is 35.4 Å². The number of amides is 1. The van der Waals surface area contributed by atoms with Crippen LogP contribution in [0.15, 0.2) is 24.4 Å². The second-order valence-electron chi connectivity index (χ2n) is 9.81. The molecule has 1 unspecified atom stereocenters. The van der Waals surface area contributed by atoms with Crippen LogP contribution in [-0.2, 0) is 4.74 Å². The van der Waals surface area contributed by atoms with Gasteiger partial charge >= 0.3 is 6.01 Å². The van der Waals surface area contributed by atoms with Gasteiger partial charge in [-0.3, -0.25) is 9.89 Å². The van der Waals surface area contributed by atoms with Crippen LogP contribution < -0.4 is 15.0 Å². The Balaban J connectivity index is 1.31. The van der Waals surface area contributed by atoms with Gasteiger partial charge in [-0.15, -0.1) is 0 Å². The van der Waals surface area contributed by atoms with Crippen molar-refractivity contribution in [3.63, 3.8) is 0 Å². The van der Waals surface area contributed by atoms with Gasteiger partial charge in [0.2, 0.25) is 0 Å². The van der Waals surface area contributed by atoms with E-state index in [9.17, 15) is 9.90 Å². The molecule has 0 spiro atoms. The lowest BCUT2D eigenvalue weighted by atomic mass is 9.80. The number of anilines is 1. The van der Waals surface area contributed by atoms with E-state index in [1.165, 1.54) is 0 Å². The molecule has 1 aliphatic carbocycles. The van der Waals surface area contributed by atoms with Gasteiger partial charge in [-0.25, -0.2) is 4.98 Å². The third-order valence-corrected chi connectivity index (χ3v) is 7.08. The van der Waals surface area contributed by atoms with Crippen LogP contribution in [0.4, 0.5) is 5.82 Å². The van der Waals surface area contributed by atoms with Crippen molar-refractivity contribution >= 4 is 22.8 Å². The van der Waals surface area contributed by atoms with Crippen LogP contribution >= 0.6 is 0 Å². The van der Waals surface area contributed by atoms with Crippen LogP contribution in [0.5, 0.6) is 6.01 Å². The largest absolute Gasteiger partial charge is 0.458 e. The molecule has 1 aliphatic heterocycles. The number of hydrogen-bond donors (Lipinski definition) is 3. The average Bonchev–Trinajstić information content (AvgIpc) is 3.30. The van der Waals surface area contributed by atoms with Gasteiger partial charge in [0.1, 0.15) is 17.6 Å². The van der Waals surface area contributed by atoms with Gasteiger partial charge in [-0.1, -0.05) is 0 Å². The van der Waals surface area contributed by atoms with Crippen molar-refractivity contribution in [2.75, 3.05) is 38.3 Å². The lowest BCUT2D eigenvalue weighted by Crippen LogP contribution is -2.48. The predicted octanol–water partition coefficient (Wildman–Crippen LogP) is 2.19. The highest BCUT2D eigenvalue weighted by Crippen LogP contribution is 2.33. The van der Waals surface area contributed by atoms with Crippen molar-refractivity contribution in [2.45, 2.75) is 56.7 Å². The van der Waals surface area contributed by atoms with Crippen molar-refractivity contribution in [3.8, 4) is 6.01 Å². The summed E-state index contributed by atoms with van der Waals surface area (Å²) in [6, 6.07) is 5.81. The molecular weight excluding hydrogens is 462 g/mol. The summed E-state index contributed by atoms with van der Waals surface area (Å²) in [6.07, 6.45) is 5.65. The third kappa shape index (κ3) is 5.26. The fourth-order valence-corrected chi connectivity index (χ4v) is 4.87. The number of aromatic amines is 1. The second kappa shape index (κ2) is 10.4. The van der Waals surface area contributed by atoms with Crippen molar-refractivity contribution in [1.29, 1.82) is 0 Å². The highest BCUT2D eigenvalue weighted by atomic mass is 16.5. The summed E-state index contributed by atoms with van der Waals surface area (Å²) in [5, 5.41) is 21.8. The number of hydrogen-bond acceptors (Lipinski definition) is 9. The number of methoxy groups -OCH3 is 1. The van der Waals surface area contributed by atoms with E-state index in [-0.39, 0.29) is 30.3 Å². The first kappa shape index (κ1) is 24.4. The zero-order valence-electron chi connectivity index (χ0n) is 20.7. The number of aromatic nitrogens is 5. The second-order valence-corrected chi connectivity index (χ2v) is 9.81. The summed E-state index contributed by atoms with van der Waals surface area (Å²) < 4.78 is 11.0. The summed E-state index contributed by atoms with van der Waals surface area (Å²) in [4.78, 5) is 28.4. The Labute approximate surface area is 209 Å². The normalized spacial score (nSPS) is 18.6. The molecule has 11 heteroatoms. The number of piperidine rings is 1. The molecule has 192 valence electrons. The zero-order chi connectivity index (χ0) is 25.1. The molecule has 0 bridgehead atoms. The fourth-order valence-electron chi connectivity index (χ4n) is 4.87. The number of aliphatic hydroxyl groups is 1. The lowest BCUT2D eigenvalue weighted by Gasteiger charge is -2.36. The molecule has 2 aliphatic rings. The van der Waals surface area contributed by atoms with Gasteiger partial charge in [-0.05, 0) is 51.2 Å². The molecule has 36 heavy (non-hydrogen) atoms. The number of carbonyl (C=O) groups is 1. The van der Waals surface area contributed by atoms with Crippen LogP contribution in [0.3, 0.4) is 0 Å². The van der Waals surface area contributed by atoms with Crippen molar-refractivity contribution in [3.05, 3.63) is 35.8 Å². The van der Waals surface area contributed by atoms with E-state index >= 15 is 0 Å². The average molecular weight is 496 g/mol. The van der Waals surface area contributed by atoms with Crippen LogP contribution in [0.25, 0.3) is 11.0 Å². The van der Waals surface area contributed by atoms with Gasteiger partial charge in [0.05, 0.1) is 12.2 Å². The molecule has 5 rings (SSSR count). The predicted molar refractivity (Wildman–Crippen MR) is 133 cm³/mol. The number of carbonyl (C=O) groups excluding carboxylic acids is 1. The van der Waals surface area contributed by atoms with E-state index in [1.54, 1.807) is 19.4 Å². The number of fused-ring (bicyclic) bond motifs is 1. The Bertz CT molecular complexity index is 1200. The molecule has 1 atom stereocenters. The molecule has 0 radical (unpaired) electrons. The molecule has 3 aromatic rings. The van der Waals surface area contributed by atoms with E-state index in [0.717, 1.165) is 49.1 Å². The van der Waals surface area contributed by atoms with Gasteiger partial charge in [-0.2, -0.15) is 15.1 Å². The Morgan fingerprint density at radius 2 is 2.14 bits per heavy atom. The van der Waals surface area contributed by atoms with Gasteiger partial charge in [0, 0.05) is 56.0 Å². The Morgan fingerprint density at radius 1 is 1.33 bits per heavy atom. The lowest BCUT2D eigenvalue weighted by molar-refractivity contribution is -0.0300. The number of pyridine rings is 1. The standard InChI is InChI=1S/C25H33N7O4/c1-16(14-35-2)36-24-28-19(23(33)27-15-25(34)8-4-9-25)13-20(29-24)32-11-6-17(7-12-32)21-18-5-3-10-26-22(18)31-30-21/h3,5,10,13,16-17,34H,4,6-9,11-12,14-15H2,1-2H3,(H,27,33)(H,26,30,31). The summed E-state index contributed by atoms with van der Waals surface area (Å²) in [5.41, 5.74) is 1.26. The topological polar surface area (TPSA) is 138 Å². The first-order valence-electron chi connectivity index (χ1n) is 12.5. The minimum atomic E-state index is -0.813. The zero-order valence-corrected chi connectivity index (χ0v) is 20.7. The minimum Gasteiger partial charge on any atom is -0.458 e. The highest BCUT2D eigenvalue weighted by Gasteiger charge is 2.35. The SMILES string of the molecule is COCC(C)Oc1nc(C(=O)NCC2(O)CCC2)cc(N2CCC(c3[nH]nc4ncccc34)CC2)n1. The summed E-state index contributed by atoms with van der Waals surface area (Å²) in [5.74, 6) is 0.627. The Kier molecular flexibility index (Phi) is 7.01. The van der Waals surface area contributed by atoms with Crippen LogP contribution in [0.2, 0.25) is 0 Å². The maximum Gasteiger partial charge on any atom is 0.319 e. The molecular formula is C25H33N7O4. The molecule has 11 nitrogen and oxygen atoms in total. The van der Waals surface area contributed by atoms with E-state index in [0.29, 0.717) is 31.2 Å². The number of ether oxygens (including phenoxy) is 2. The maximum absolute atomic E-state index is 12.9. The highest BCUT2D eigenvalue weighted by molar-refractivity contribution is 5.93. The monoisotopic (exact) mass is 495 g/mol. The van der Waals surface area contributed by atoms with Gasteiger partial charge < -0.3 is 24.8 Å². The van der Waals surface area contributed by atoms with Crippen molar-refractivity contribution in [2.24, 2.45) is 0 Å². The summed E-state index contributed by atoms with van der Waals surface area (Å²) >= 11 is 0. The molecule has 1 saturated carbocycles. The van der Waals surface area contributed by atoms with E-state index in [4.69, 9.17) is 9.47 Å². The Morgan fingerprint density at radius 3 is 2.86 bits per heavy atom. The molecule has 3 N–H and O–H groups in total. The van der Waals surface area contributed by atoms with E-state index < -0.39 is 5.60 Å². The van der Waals surface area contributed by atoms with Crippen LogP contribution in [-0.4, -0.2) is 81.2 Å². The molecule has 1 amide bonds. The molecule has 3 aromatic heterocycles. The number of rotatable bonds is 9. The first-order valence-corrected chi connectivity index (χ1v) is 12.5. The third-order valence-electron chi connectivity index (χ3n) is 7.08. The molecule has 1 saturated heterocycles.